The van der Waals surface area contributed by atoms with Crippen molar-refractivity contribution in [2.75, 3.05) is 25.0 Å². The second kappa shape index (κ2) is 8.03. The van der Waals surface area contributed by atoms with Gasteiger partial charge in [0.2, 0.25) is 5.91 Å². The summed E-state index contributed by atoms with van der Waals surface area (Å²) in [5.41, 5.74) is 1.56. The lowest BCUT2D eigenvalue weighted by Crippen LogP contribution is -2.47. The monoisotopic (exact) mass is 373 g/mol. The Morgan fingerprint density at radius 3 is 2.45 bits per heavy atom. The number of rotatable bonds is 4. The van der Waals surface area contributed by atoms with Gasteiger partial charge in [-0.15, -0.1) is 0 Å². The Balaban J connectivity index is 1.64. The summed E-state index contributed by atoms with van der Waals surface area (Å²) in [5, 5.41) is 4.47. The number of carbonyl (C=O) groups is 1. The topological polar surface area (TPSA) is 71.0 Å². The molecule has 0 saturated carbocycles. The van der Waals surface area contributed by atoms with Crippen molar-refractivity contribution in [3.8, 4) is 11.3 Å². The molecule has 6 nitrogen and oxygen atoms in total. The summed E-state index contributed by atoms with van der Waals surface area (Å²) in [4.78, 5) is 27.1. The van der Waals surface area contributed by atoms with Gasteiger partial charge in [-0.1, -0.05) is 10.9 Å². The van der Waals surface area contributed by atoms with Crippen LogP contribution in [0.5, 0.6) is 0 Å². The van der Waals surface area contributed by atoms with Crippen LogP contribution in [0, 0.1) is 0 Å². The molecule has 1 aliphatic rings. The molecule has 0 bridgehead atoms. The van der Waals surface area contributed by atoms with E-state index in [0.717, 1.165) is 36.7 Å². The predicted molar refractivity (Wildman–Crippen MR) is 119 cm³/mol. The third-order valence-electron chi connectivity index (χ3n) is 5.03. The van der Waals surface area contributed by atoms with Crippen LogP contribution in [0.15, 0.2) is 24.5 Å². The number of aromatic nitrogens is 3. The third-order valence-corrected chi connectivity index (χ3v) is 5.03. The van der Waals surface area contributed by atoms with Gasteiger partial charge in [0.05, 0.1) is 12.2 Å². The summed E-state index contributed by atoms with van der Waals surface area (Å²) < 4.78 is 0. The molecule has 1 saturated heterocycles. The molecule has 134 valence electrons. The van der Waals surface area contributed by atoms with Crippen LogP contribution in [-0.2, 0) is 4.79 Å². The molecular weight excluding hydrogens is 357 g/mol. The Morgan fingerprint density at radius 1 is 0.966 bits per heavy atom. The summed E-state index contributed by atoms with van der Waals surface area (Å²) in [6, 6.07) is 3.58. The van der Waals surface area contributed by atoms with Gasteiger partial charge in [0, 0.05) is 23.3 Å². The second-order valence-electron chi connectivity index (χ2n) is 7.10. The van der Waals surface area contributed by atoms with Crippen LogP contribution in [0.1, 0.15) is 12.8 Å². The molecule has 0 aromatic carbocycles. The first kappa shape index (κ1) is 19.7. The van der Waals surface area contributed by atoms with Crippen LogP contribution in [-0.4, -0.2) is 76.8 Å². The van der Waals surface area contributed by atoms with Gasteiger partial charge in [0.1, 0.15) is 37.2 Å². The molecule has 4 rings (SSSR count). The van der Waals surface area contributed by atoms with Crippen molar-refractivity contribution >= 4 is 76.0 Å². The standard InChI is InChI=1S/C19H15B4N5O/c20-16-15(18(22)27-19(23)17(16)21)12-5-10-6-13(25-8-11(10)7-24-12)26-14(29)9-28-3-1-2-4-28/h5-8H,1-4,9H2,(H,25,26,29). The molecule has 8 radical (unpaired) electrons. The molecular formula is C19H15B4N5O. The maximum atomic E-state index is 12.3. The summed E-state index contributed by atoms with van der Waals surface area (Å²) in [7, 11) is 23.7. The van der Waals surface area contributed by atoms with E-state index >= 15 is 0 Å². The quantitative estimate of drug-likeness (QED) is 0.532. The van der Waals surface area contributed by atoms with Gasteiger partial charge >= 0.3 is 0 Å². The predicted octanol–water partition coefficient (Wildman–Crippen LogP) is -2.10. The normalized spacial score (nSPS) is 14.3. The number of anilines is 1. The van der Waals surface area contributed by atoms with Crippen LogP contribution in [0.25, 0.3) is 22.0 Å². The van der Waals surface area contributed by atoms with Crippen molar-refractivity contribution < 1.29 is 4.79 Å². The Labute approximate surface area is 174 Å². The van der Waals surface area contributed by atoms with Crippen molar-refractivity contribution in [3.63, 3.8) is 0 Å². The van der Waals surface area contributed by atoms with E-state index in [0.29, 0.717) is 23.6 Å². The molecule has 0 aliphatic carbocycles. The van der Waals surface area contributed by atoms with E-state index in [1.807, 2.05) is 0 Å². The van der Waals surface area contributed by atoms with Crippen molar-refractivity contribution in [2.45, 2.75) is 12.8 Å². The van der Waals surface area contributed by atoms with E-state index < -0.39 is 0 Å². The molecule has 0 atom stereocenters. The number of hydrogen-bond acceptors (Lipinski definition) is 5. The summed E-state index contributed by atoms with van der Waals surface area (Å²) in [6.07, 6.45) is 5.57. The molecule has 4 heterocycles. The SMILES string of the molecule is [B]c1nc([B])c(-c2cc3cc(NC(=O)CN4CCCC4)ncc3cn2)c([B])c1[B]. The van der Waals surface area contributed by atoms with E-state index in [9.17, 15) is 4.79 Å². The van der Waals surface area contributed by atoms with Crippen molar-refractivity contribution in [1.82, 2.24) is 19.9 Å². The van der Waals surface area contributed by atoms with E-state index in [2.05, 4.69) is 25.2 Å². The average molecular weight is 373 g/mol. The van der Waals surface area contributed by atoms with Crippen molar-refractivity contribution in [3.05, 3.63) is 24.5 Å². The number of likely N-dealkylation sites (tertiary alicyclic amines) is 1. The molecule has 1 aliphatic heterocycles. The maximum absolute atomic E-state index is 12.3. The molecule has 3 aromatic heterocycles. The average Bonchev–Trinajstić information content (AvgIpc) is 3.19. The lowest BCUT2D eigenvalue weighted by Gasteiger charge is -2.16. The second-order valence-corrected chi connectivity index (χ2v) is 7.10. The Kier molecular flexibility index (Phi) is 5.46. The van der Waals surface area contributed by atoms with E-state index in [1.165, 1.54) is 0 Å². The Morgan fingerprint density at radius 2 is 1.69 bits per heavy atom. The molecule has 10 heteroatoms. The fraction of sp³-hybridized carbons (Fsp3) is 0.263. The summed E-state index contributed by atoms with van der Waals surface area (Å²) >= 11 is 0. The van der Waals surface area contributed by atoms with Gasteiger partial charge in [-0.2, -0.15) is 0 Å². The van der Waals surface area contributed by atoms with Gasteiger partial charge in [0.15, 0.2) is 0 Å². The van der Waals surface area contributed by atoms with E-state index in [4.69, 9.17) is 31.4 Å². The highest BCUT2D eigenvalue weighted by Gasteiger charge is 2.16. The lowest BCUT2D eigenvalue weighted by atomic mass is 9.70. The number of carbonyl (C=O) groups excluding carboxylic acids is 1. The van der Waals surface area contributed by atoms with Crippen LogP contribution in [0.4, 0.5) is 5.82 Å². The molecule has 1 N–H and O–H groups in total. The smallest absolute Gasteiger partial charge is 0.239 e. The minimum Gasteiger partial charge on any atom is -0.310 e. The number of nitrogens with one attached hydrogen (secondary N) is 1. The van der Waals surface area contributed by atoms with E-state index in [-0.39, 0.29) is 28.0 Å². The highest BCUT2D eigenvalue weighted by molar-refractivity contribution is 6.59. The fourth-order valence-electron chi connectivity index (χ4n) is 3.50. The zero-order chi connectivity index (χ0) is 20.5. The highest BCUT2D eigenvalue weighted by atomic mass is 16.2. The zero-order valence-electron chi connectivity index (χ0n) is 15.9. The first-order chi connectivity index (χ1) is 13.9. The number of fused-ring (bicyclic) bond motifs is 1. The Bertz CT molecular complexity index is 1100. The van der Waals surface area contributed by atoms with Crippen LogP contribution >= 0.6 is 0 Å². The first-order valence-electron chi connectivity index (χ1n) is 9.30. The molecule has 3 aromatic rings. The minimum absolute atomic E-state index is 0.0803. The van der Waals surface area contributed by atoms with Crippen LogP contribution in [0.2, 0.25) is 0 Å². The van der Waals surface area contributed by atoms with Gasteiger partial charge in [0.25, 0.3) is 0 Å². The lowest BCUT2D eigenvalue weighted by molar-refractivity contribution is -0.117. The van der Waals surface area contributed by atoms with Crippen molar-refractivity contribution in [2.24, 2.45) is 0 Å². The number of amides is 1. The van der Waals surface area contributed by atoms with Crippen LogP contribution < -0.4 is 27.4 Å². The Hall–Kier alpha value is -2.60. The number of pyridine rings is 3. The summed E-state index contributed by atoms with van der Waals surface area (Å²) in [6.45, 7) is 2.27. The third kappa shape index (κ3) is 4.08. The van der Waals surface area contributed by atoms with Gasteiger partial charge in [-0.05, 0) is 54.6 Å². The first-order valence-corrected chi connectivity index (χ1v) is 9.30. The molecule has 1 fully saturated rings. The maximum Gasteiger partial charge on any atom is 0.239 e. The molecule has 29 heavy (non-hydrogen) atoms. The fourth-order valence-corrected chi connectivity index (χ4v) is 3.50. The number of hydrogen-bond donors (Lipinski definition) is 1. The minimum atomic E-state index is -0.0861. The highest BCUT2D eigenvalue weighted by Crippen LogP contribution is 2.21. The molecule has 0 unspecified atom stereocenters. The van der Waals surface area contributed by atoms with Gasteiger partial charge in [-0.25, -0.2) is 4.98 Å². The van der Waals surface area contributed by atoms with Crippen molar-refractivity contribution in [1.29, 1.82) is 0 Å². The number of nitrogens with zero attached hydrogens (tertiary/aromatic N) is 4. The van der Waals surface area contributed by atoms with Gasteiger partial charge in [-0.3, -0.25) is 19.7 Å². The summed E-state index contributed by atoms with van der Waals surface area (Å²) in [5.74, 6) is 0.381. The zero-order valence-corrected chi connectivity index (χ0v) is 15.9. The molecule has 0 spiro atoms. The molecule has 1 amide bonds. The largest absolute Gasteiger partial charge is 0.310 e. The van der Waals surface area contributed by atoms with E-state index in [1.54, 1.807) is 24.5 Å². The van der Waals surface area contributed by atoms with Crippen LogP contribution in [0.3, 0.4) is 0 Å². The van der Waals surface area contributed by atoms with Gasteiger partial charge < -0.3 is 5.32 Å².